The highest BCUT2D eigenvalue weighted by Gasteiger charge is 2.23. The molecule has 1 aromatic rings. The third kappa shape index (κ3) is 0.943. The number of hydrogen-bond acceptors (Lipinski definition) is 2. The Morgan fingerprint density at radius 2 is 2.40 bits per heavy atom. The first kappa shape index (κ1) is 5.65. The van der Waals surface area contributed by atoms with Gasteiger partial charge in [-0.2, -0.15) is 0 Å². The average molecular weight is 136 g/mol. The molecule has 0 spiro atoms. The molecule has 1 aliphatic rings. The summed E-state index contributed by atoms with van der Waals surface area (Å²) in [6.07, 6.45) is 5.91. The third-order valence-electron chi connectivity index (χ3n) is 1.74. The first-order chi connectivity index (χ1) is 4.86. The van der Waals surface area contributed by atoms with Crippen LogP contribution in [0.1, 0.15) is 24.3 Å². The van der Waals surface area contributed by atoms with E-state index in [1.54, 1.807) is 12.4 Å². The van der Waals surface area contributed by atoms with Gasteiger partial charge in [-0.1, -0.05) is 0 Å². The summed E-state index contributed by atoms with van der Waals surface area (Å²) in [6, 6.07) is 0. The van der Waals surface area contributed by atoms with Crippen molar-refractivity contribution in [3.63, 3.8) is 0 Å². The quantitative estimate of drug-likeness (QED) is 0.616. The molecule has 10 heavy (non-hydrogen) atoms. The Balaban J connectivity index is 2.36. The van der Waals surface area contributed by atoms with Crippen LogP contribution < -0.4 is 5.69 Å². The van der Waals surface area contributed by atoms with Crippen molar-refractivity contribution >= 4 is 0 Å². The van der Waals surface area contributed by atoms with Gasteiger partial charge in [-0.3, -0.25) is 0 Å². The Kier molecular flexibility index (Phi) is 1.09. The molecule has 0 amide bonds. The van der Waals surface area contributed by atoms with Crippen LogP contribution in [0.2, 0.25) is 0 Å². The van der Waals surface area contributed by atoms with E-state index in [9.17, 15) is 4.79 Å². The molecule has 0 unspecified atom stereocenters. The molecule has 1 N–H and O–H groups in total. The van der Waals surface area contributed by atoms with Gasteiger partial charge in [-0.25, -0.2) is 9.78 Å². The van der Waals surface area contributed by atoms with Crippen LogP contribution in [0.25, 0.3) is 0 Å². The van der Waals surface area contributed by atoms with E-state index in [0.717, 1.165) is 0 Å². The Hall–Kier alpha value is -1.12. The van der Waals surface area contributed by atoms with Gasteiger partial charge < -0.3 is 4.98 Å². The summed E-state index contributed by atoms with van der Waals surface area (Å²) in [5.74, 6) is 0.671. The zero-order valence-corrected chi connectivity index (χ0v) is 5.50. The summed E-state index contributed by atoms with van der Waals surface area (Å²) in [4.78, 5) is 16.7. The minimum absolute atomic E-state index is 0.260. The van der Waals surface area contributed by atoms with Crippen LogP contribution in [0.15, 0.2) is 17.2 Å². The van der Waals surface area contributed by atoms with Crippen LogP contribution in [0.3, 0.4) is 0 Å². The summed E-state index contributed by atoms with van der Waals surface area (Å²) in [5.41, 5.74) is 0.906. The Morgan fingerprint density at radius 3 is 2.90 bits per heavy atom. The highest BCUT2D eigenvalue weighted by atomic mass is 16.1. The van der Waals surface area contributed by atoms with Crippen LogP contribution in [0, 0.1) is 0 Å². The van der Waals surface area contributed by atoms with E-state index in [1.165, 1.54) is 18.4 Å². The number of aromatic amines is 1. The smallest absolute Gasteiger partial charge is 0.312 e. The van der Waals surface area contributed by atoms with E-state index >= 15 is 0 Å². The molecule has 0 radical (unpaired) electrons. The fourth-order valence-corrected chi connectivity index (χ4v) is 0.993. The van der Waals surface area contributed by atoms with Gasteiger partial charge in [0.25, 0.3) is 0 Å². The van der Waals surface area contributed by atoms with Crippen molar-refractivity contribution < 1.29 is 0 Å². The third-order valence-corrected chi connectivity index (χ3v) is 1.74. The van der Waals surface area contributed by atoms with Crippen molar-refractivity contribution in [2.75, 3.05) is 0 Å². The molecule has 1 saturated carbocycles. The summed E-state index contributed by atoms with van der Waals surface area (Å²) in [5, 5.41) is 0. The molecule has 0 bridgehead atoms. The molecule has 3 nitrogen and oxygen atoms in total. The number of nitrogens with zero attached hydrogens (tertiary/aromatic N) is 1. The molecule has 2 rings (SSSR count). The molecule has 0 saturated heterocycles. The summed E-state index contributed by atoms with van der Waals surface area (Å²) in [6.45, 7) is 0. The van der Waals surface area contributed by atoms with Crippen molar-refractivity contribution in [2.24, 2.45) is 0 Å². The van der Waals surface area contributed by atoms with Crippen LogP contribution in [-0.2, 0) is 0 Å². The van der Waals surface area contributed by atoms with Gasteiger partial charge in [0.2, 0.25) is 0 Å². The van der Waals surface area contributed by atoms with E-state index in [0.29, 0.717) is 5.92 Å². The highest BCUT2D eigenvalue weighted by Crippen LogP contribution is 2.38. The molecular formula is C7H8N2O. The molecule has 1 heterocycles. The maximum Gasteiger partial charge on any atom is 0.344 e. The van der Waals surface area contributed by atoms with E-state index < -0.39 is 0 Å². The topological polar surface area (TPSA) is 45.8 Å². The predicted molar refractivity (Wildman–Crippen MR) is 36.8 cm³/mol. The van der Waals surface area contributed by atoms with E-state index in [4.69, 9.17) is 0 Å². The Morgan fingerprint density at radius 1 is 1.60 bits per heavy atom. The van der Waals surface area contributed by atoms with Crippen molar-refractivity contribution in [1.82, 2.24) is 9.97 Å². The fourth-order valence-electron chi connectivity index (χ4n) is 0.993. The summed E-state index contributed by atoms with van der Waals surface area (Å²) in [7, 11) is 0. The predicted octanol–water partition coefficient (Wildman–Crippen LogP) is 0.647. The van der Waals surface area contributed by atoms with Crippen molar-refractivity contribution in [3.8, 4) is 0 Å². The second-order valence-corrected chi connectivity index (χ2v) is 2.63. The normalized spacial score (nSPS) is 17.2. The van der Waals surface area contributed by atoms with Crippen molar-refractivity contribution in [2.45, 2.75) is 18.8 Å². The minimum Gasteiger partial charge on any atom is -0.312 e. The number of aromatic nitrogens is 2. The summed E-state index contributed by atoms with van der Waals surface area (Å²) >= 11 is 0. The number of nitrogens with one attached hydrogen (secondary N) is 1. The van der Waals surface area contributed by atoms with Gasteiger partial charge >= 0.3 is 5.69 Å². The first-order valence-corrected chi connectivity index (χ1v) is 3.41. The second kappa shape index (κ2) is 1.94. The maximum atomic E-state index is 10.5. The minimum atomic E-state index is -0.260. The van der Waals surface area contributed by atoms with Gasteiger partial charge in [-0.15, -0.1) is 0 Å². The lowest BCUT2D eigenvalue weighted by Gasteiger charge is -1.91. The standard InChI is InChI=1S/C7H8N2O/c10-7-8-3-6(4-9-7)5-1-2-5/h3-5H,1-2H2,(H,8,9,10). The van der Waals surface area contributed by atoms with E-state index in [-0.39, 0.29) is 5.69 Å². The van der Waals surface area contributed by atoms with Gasteiger partial charge in [-0.05, 0) is 24.3 Å². The molecule has 1 aliphatic carbocycles. The molecule has 52 valence electrons. The number of rotatable bonds is 1. The molecule has 0 aromatic carbocycles. The Bertz CT molecular complexity index is 267. The van der Waals surface area contributed by atoms with Gasteiger partial charge in [0.05, 0.1) is 0 Å². The fraction of sp³-hybridized carbons (Fsp3) is 0.429. The monoisotopic (exact) mass is 136 g/mol. The first-order valence-electron chi connectivity index (χ1n) is 3.41. The second-order valence-electron chi connectivity index (χ2n) is 2.63. The number of hydrogen-bond donors (Lipinski definition) is 1. The van der Waals surface area contributed by atoms with Crippen LogP contribution in [0.5, 0.6) is 0 Å². The SMILES string of the molecule is O=c1ncc(C2CC2)c[nH]1. The largest absolute Gasteiger partial charge is 0.344 e. The van der Waals surface area contributed by atoms with E-state index in [2.05, 4.69) is 9.97 Å². The van der Waals surface area contributed by atoms with Gasteiger partial charge in [0.15, 0.2) is 0 Å². The molecule has 1 aromatic heterocycles. The molecular weight excluding hydrogens is 128 g/mol. The van der Waals surface area contributed by atoms with Crippen LogP contribution >= 0.6 is 0 Å². The number of H-pyrrole nitrogens is 1. The lowest BCUT2D eigenvalue weighted by atomic mass is 10.2. The van der Waals surface area contributed by atoms with Crippen LogP contribution in [0.4, 0.5) is 0 Å². The average Bonchev–Trinajstić information content (AvgIpc) is 2.71. The van der Waals surface area contributed by atoms with Crippen molar-refractivity contribution in [3.05, 3.63) is 28.4 Å². The zero-order valence-electron chi connectivity index (χ0n) is 5.50. The maximum absolute atomic E-state index is 10.5. The lowest BCUT2D eigenvalue weighted by Crippen LogP contribution is -2.08. The van der Waals surface area contributed by atoms with Crippen LogP contribution in [-0.4, -0.2) is 9.97 Å². The summed E-state index contributed by atoms with van der Waals surface area (Å²) < 4.78 is 0. The van der Waals surface area contributed by atoms with Gasteiger partial charge in [0, 0.05) is 12.4 Å². The van der Waals surface area contributed by atoms with Crippen molar-refractivity contribution in [1.29, 1.82) is 0 Å². The van der Waals surface area contributed by atoms with Gasteiger partial charge in [0.1, 0.15) is 0 Å². The lowest BCUT2D eigenvalue weighted by molar-refractivity contribution is 0.992. The zero-order chi connectivity index (χ0) is 6.97. The highest BCUT2D eigenvalue weighted by molar-refractivity contribution is 5.15. The van der Waals surface area contributed by atoms with E-state index in [1.807, 2.05) is 0 Å². The molecule has 1 fully saturated rings. The molecule has 0 aliphatic heterocycles. The molecule has 0 atom stereocenters. The molecule has 3 heteroatoms. The Labute approximate surface area is 58.1 Å².